The highest BCUT2D eigenvalue weighted by Crippen LogP contribution is 2.18. The summed E-state index contributed by atoms with van der Waals surface area (Å²) in [6.45, 7) is 7.29. The minimum Gasteiger partial charge on any atom is -0.444 e. The summed E-state index contributed by atoms with van der Waals surface area (Å²) in [5, 5.41) is 4.55. The second kappa shape index (κ2) is 5.85. The fraction of sp³-hybridized carbons (Fsp3) is 0.500. The van der Waals surface area contributed by atoms with Gasteiger partial charge in [-0.25, -0.2) is 9.78 Å². The van der Waals surface area contributed by atoms with E-state index in [1.54, 1.807) is 26.8 Å². The molecule has 0 spiro atoms. The lowest BCUT2D eigenvalue weighted by Gasteiger charge is -2.22. The lowest BCUT2D eigenvalue weighted by molar-refractivity contribution is 0.0500. The number of nitrogens with zero attached hydrogens (tertiary/aromatic N) is 1. The number of rotatable bonds is 3. The molecule has 0 aromatic carbocycles. The van der Waals surface area contributed by atoms with Gasteiger partial charge in [-0.05, 0) is 38.6 Å². The van der Waals surface area contributed by atoms with Gasteiger partial charge in [0.2, 0.25) is 0 Å². The van der Waals surface area contributed by atoms with Gasteiger partial charge in [0.25, 0.3) is 5.56 Å². The van der Waals surface area contributed by atoms with Crippen molar-refractivity contribution < 1.29 is 9.53 Å². The summed E-state index contributed by atoms with van der Waals surface area (Å²) in [5.74, 6) is 0.444. The van der Waals surface area contributed by atoms with Crippen LogP contribution in [0.3, 0.4) is 0 Å². The van der Waals surface area contributed by atoms with E-state index < -0.39 is 17.7 Å². The van der Waals surface area contributed by atoms with Crippen LogP contribution in [0, 0.1) is 0 Å². The number of aromatic amines is 1. The minimum atomic E-state index is -0.569. The lowest BCUT2D eigenvalue weighted by atomic mass is 10.2. The first-order chi connectivity index (χ1) is 9.80. The van der Waals surface area contributed by atoms with E-state index in [1.165, 1.54) is 11.3 Å². The Bertz CT molecular complexity index is 699. The van der Waals surface area contributed by atoms with Crippen LogP contribution in [-0.2, 0) is 4.74 Å². The number of alkyl carbamates (subject to hydrolysis) is 1. The molecule has 2 rings (SSSR count). The topological polar surface area (TPSA) is 84.1 Å². The molecule has 114 valence electrons. The average Bonchev–Trinajstić information content (AvgIpc) is 2.82. The zero-order chi connectivity index (χ0) is 15.6. The summed E-state index contributed by atoms with van der Waals surface area (Å²) in [7, 11) is 0. The van der Waals surface area contributed by atoms with Crippen LogP contribution in [0.15, 0.2) is 16.2 Å². The molecular formula is C14H19N3O3S. The number of thiophene rings is 1. The zero-order valence-corrected chi connectivity index (χ0v) is 13.3. The second-order valence-electron chi connectivity index (χ2n) is 5.69. The molecule has 1 unspecified atom stereocenters. The molecule has 2 aromatic heterocycles. The van der Waals surface area contributed by atoms with Gasteiger partial charge in [0.15, 0.2) is 0 Å². The third-order valence-corrected chi connectivity index (χ3v) is 3.66. The van der Waals surface area contributed by atoms with Gasteiger partial charge in [0, 0.05) is 0 Å². The van der Waals surface area contributed by atoms with Gasteiger partial charge >= 0.3 is 6.09 Å². The molecule has 1 atom stereocenters. The fourth-order valence-electron chi connectivity index (χ4n) is 1.87. The highest BCUT2D eigenvalue weighted by molar-refractivity contribution is 7.17. The van der Waals surface area contributed by atoms with Crippen LogP contribution in [-0.4, -0.2) is 21.7 Å². The Morgan fingerprint density at radius 2 is 2.24 bits per heavy atom. The number of nitrogens with one attached hydrogen (secondary N) is 2. The van der Waals surface area contributed by atoms with Gasteiger partial charge in [-0.2, -0.15) is 0 Å². The Morgan fingerprint density at radius 1 is 1.52 bits per heavy atom. The second-order valence-corrected chi connectivity index (χ2v) is 6.61. The van der Waals surface area contributed by atoms with Gasteiger partial charge in [-0.1, -0.05) is 6.92 Å². The van der Waals surface area contributed by atoms with Crippen molar-refractivity contribution in [3.63, 3.8) is 0 Å². The molecule has 2 aromatic rings. The molecule has 0 saturated carbocycles. The molecule has 7 heteroatoms. The van der Waals surface area contributed by atoms with Crippen molar-refractivity contribution in [3.8, 4) is 0 Å². The molecule has 0 aliphatic rings. The first kappa shape index (κ1) is 15.5. The van der Waals surface area contributed by atoms with Crippen molar-refractivity contribution in [2.24, 2.45) is 0 Å². The first-order valence-corrected chi connectivity index (χ1v) is 7.65. The zero-order valence-electron chi connectivity index (χ0n) is 12.5. The summed E-state index contributed by atoms with van der Waals surface area (Å²) in [5.41, 5.74) is -0.113. The largest absolute Gasteiger partial charge is 0.444 e. The molecule has 2 heterocycles. The molecule has 0 saturated heterocycles. The summed E-state index contributed by atoms with van der Waals surface area (Å²) in [6, 6.07) is 1.40. The van der Waals surface area contributed by atoms with Crippen LogP contribution >= 0.6 is 11.3 Å². The van der Waals surface area contributed by atoms with Crippen molar-refractivity contribution >= 4 is 27.6 Å². The monoisotopic (exact) mass is 309 g/mol. The van der Waals surface area contributed by atoms with Gasteiger partial charge in [0.1, 0.15) is 16.1 Å². The van der Waals surface area contributed by atoms with Gasteiger partial charge in [-0.15, -0.1) is 11.3 Å². The van der Waals surface area contributed by atoms with Crippen molar-refractivity contribution in [2.75, 3.05) is 0 Å². The summed E-state index contributed by atoms with van der Waals surface area (Å²) in [6.07, 6.45) is 0.0695. The number of ether oxygens (including phenoxy) is 1. The highest BCUT2D eigenvalue weighted by atomic mass is 32.1. The van der Waals surface area contributed by atoms with E-state index in [1.807, 2.05) is 12.3 Å². The molecule has 0 aliphatic carbocycles. The number of carbonyl (C=O) groups excluding carboxylic acids is 1. The van der Waals surface area contributed by atoms with E-state index in [4.69, 9.17) is 4.74 Å². The van der Waals surface area contributed by atoms with E-state index >= 15 is 0 Å². The molecule has 2 N–H and O–H groups in total. The average molecular weight is 309 g/mol. The van der Waals surface area contributed by atoms with E-state index in [2.05, 4.69) is 15.3 Å². The third kappa shape index (κ3) is 3.81. The number of hydrogen-bond donors (Lipinski definition) is 2. The van der Waals surface area contributed by atoms with Crippen LogP contribution in [0.2, 0.25) is 0 Å². The predicted octanol–water partition coefficient (Wildman–Crippen LogP) is 2.96. The summed E-state index contributed by atoms with van der Waals surface area (Å²) < 4.78 is 5.82. The van der Waals surface area contributed by atoms with Crippen molar-refractivity contribution in [1.29, 1.82) is 0 Å². The van der Waals surface area contributed by atoms with Crippen LogP contribution in [0.5, 0.6) is 0 Å². The van der Waals surface area contributed by atoms with Crippen molar-refractivity contribution in [1.82, 2.24) is 15.3 Å². The minimum absolute atomic E-state index is 0.186. The Kier molecular flexibility index (Phi) is 4.32. The quantitative estimate of drug-likeness (QED) is 0.913. The van der Waals surface area contributed by atoms with Crippen molar-refractivity contribution in [2.45, 2.75) is 45.8 Å². The van der Waals surface area contributed by atoms with Gasteiger partial charge < -0.3 is 15.0 Å². The Labute approximate surface area is 126 Å². The lowest BCUT2D eigenvalue weighted by Crippen LogP contribution is -2.36. The maximum absolute atomic E-state index is 12.0. The Morgan fingerprint density at radius 3 is 2.86 bits per heavy atom. The molecule has 0 fully saturated rings. The summed E-state index contributed by atoms with van der Waals surface area (Å²) >= 11 is 1.35. The number of amides is 1. The normalized spacial score (nSPS) is 13.1. The molecule has 0 bridgehead atoms. The number of fused-ring (bicyclic) bond motifs is 1. The molecule has 0 aliphatic heterocycles. The van der Waals surface area contributed by atoms with E-state index in [-0.39, 0.29) is 5.56 Å². The SMILES string of the molecule is CCC(NC(=O)OC(C)(C)C)c1nc2ccsc2c(=O)[nH]1. The maximum atomic E-state index is 12.0. The number of H-pyrrole nitrogens is 1. The standard InChI is InChI=1S/C14H19N3O3S/c1-5-8(16-13(19)20-14(2,3)4)11-15-9-6-7-21-10(9)12(18)17-11/h6-8H,5H2,1-4H3,(H,16,19)(H,15,17,18). The third-order valence-electron chi connectivity index (χ3n) is 2.76. The first-order valence-electron chi connectivity index (χ1n) is 6.77. The molecule has 0 radical (unpaired) electrons. The van der Waals surface area contributed by atoms with Gasteiger partial charge in [-0.3, -0.25) is 4.79 Å². The highest BCUT2D eigenvalue weighted by Gasteiger charge is 2.21. The number of carbonyl (C=O) groups is 1. The van der Waals surface area contributed by atoms with Crippen molar-refractivity contribution in [3.05, 3.63) is 27.6 Å². The van der Waals surface area contributed by atoms with Crippen LogP contribution in [0.25, 0.3) is 10.2 Å². The smallest absolute Gasteiger partial charge is 0.408 e. The molecule has 6 nitrogen and oxygen atoms in total. The van der Waals surface area contributed by atoms with Crippen LogP contribution in [0.4, 0.5) is 4.79 Å². The molecule has 21 heavy (non-hydrogen) atoms. The van der Waals surface area contributed by atoms with Crippen LogP contribution < -0.4 is 10.9 Å². The Hall–Kier alpha value is -1.89. The van der Waals surface area contributed by atoms with Gasteiger partial charge in [0.05, 0.1) is 11.6 Å². The maximum Gasteiger partial charge on any atom is 0.408 e. The summed E-state index contributed by atoms with van der Waals surface area (Å²) in [4.78, 5) is 30.9. The number of hydrogen-bond acceptors (Lipinski definition) is 5. The molecule has 1 amide bonds. The molecular weight excluding hydrogens is 290 g/mol. The van der Waals surface area contributed by atoms with Crippen LogP contribution in [0.1, 0.15) is 46.0 Å². The van der Waals surface area contributed by atoms with E-state index in [0.29, 0.717) is 22.5 Å². The van der Waals surface area contributed by atoms with E-state index in [0.717, 1.165) is 0 Å². The van der Waals surface area contributed by atoms with E-state index in [9.17, 15) is 9.59 Å². The predicted molar refractivity (Wildman–Crippen MR) is 82.6 cm³/mol. The fourth-order valence-corrected chi connectivity index (χ4v) is 2.60. The Balaban J connectivity index is 2.23. The number of aromatic nitrogens is 2.